The maximum absolute atomic E-state index is 15.0. The summed E-state index contributed by atoms with van der Waals surface area (Å²) in [5.74, 6) is 0.487. The summed E-state index contributed by atoms with van der Waals surface area (Å²) in [4.78, 5) is 25.1. The summed E-state index contributed by atoms with van der Waals surface area (Å²) in [6.07, 6.45) is 9.52. The van der Waals surface area contributed by atoms with Crippen LogP contribution in [-0.2, 0) is 18.6 Å². The average molecular weight is 374 g/mol. The molecule has 1 atom stereocenters. The van der Waals surface area contributed by atoms with Crippen molar-refractivity contribution in [2.45, 2.75) is 25.6 Å². The van der Waals surface area contributed by atoms with E-state index in [1.54, 1.807) is 35.4 Å². The van der Waals surface area contributed by atoms with Crippen LogP contribution in [0.3, 0.4) is 0 Å². The number of hydrogen-bond acceptors (Lipinski definition) is 4. The Bertz CT molecular complexity index is 1070. The average Bonchev–Trinajstić information content (AvgIpc) is 3.22. The fourth-order valence-corrected chi connectivity index (χ4v) is 4.05. The lowest BCUT2D eigenvalue weighted by Crippen LogP contribution is -2.41. The Hall–Kier alpha value is -3.28. The number of halogens is 1. The van der Waals surface area contributed by atoms with Gasteiger partial charge < -0.3 is 9.80 Å². The second-order valence-electron chi connectivity index (χ2n) is 7.48. The van der Waals surface area contributed by atoms with Gasteiger partial charge in [-0.05, 0) is 42.8 Å². The Labute approximate surface area is 162 Å². The first-order chi connectivity index (χ1) is 13.6. The van der Waals surface area contributed by atoms with Crippen LogP contribution in [0.1, 0.15) is 34.1 Å². The Balaban J connectivity index is 1.39. The first kappa shape index (κ1) is 16.9. The van der Waals surface area contributed by atoms with Crippen molar-refractivity contribution in [2.75, 3.05) is 6.54 Å². The van der Waals surface area contributed by atoms with E-state index < -0.39 is 5.54 Å². The maximum Gasteiger partial charge on any atom is 0.256 e. The third-order valence-corrected chi connectivity index (χ3v) is 5.70. The molecule has 1 amide bonds. The van der Waals surface area contributed by atoms with Crippen molar-refractivity contribution in [1.82, 2.24) is 14.8 Å². The zero-order chi connectivity index (χ0) is 19.3. The number of benzene rings is 1. The molecule has 5 rings (SSSR count). The zero-order valence-electron chi connectivity index (χ0n) is 15.5. The van der Waals surface area contributed by atoms with Gasteiger partial charge in [0, 0.05) is 24.5 Å². The molecule has 3 aliphatic heterocycles. The van der Waals surface area contributed by atoms with Gasteiger partial charge in [0.25, 0.3) is 5.91 Å². The number of aliphatic imine (C=N–C) groups is 1. The van der Waals surface area contributed by atoms with Gasteiger partial charge in [0.05, 0.1) is 29.9 Å². The van der Waals surface area contributed by atoms with Crippen LogP contribution in [0.2, 0.25) is 0 Å². The minimum atomic E-state index is -0.417. The van der Waals surface area contributed by atoms with E-state index in [4.69, 9.17) is 0 Å². The van der Waals surface area contributed by atoms with Crippen LogP contribution >= 0.6 is 0 Å². The summed E-state index contributed by atoms with van der Waals surface area (Å²) >= 11 is 0. The smallest absolute Gasteiger partial charge is 0.256 e. The third-order valence-electron chi connectivity index (χ3n) is 5.70. The van der Waals surface area contributed by atoms with Gasteiger partial charge in [0.15, 0.2) is 0 Å². The number of fused-ring (bicyclic) bond motifs is 2. The fourth-order valence-electron chi connectivity index (χ4n) is 4.05. The molecule has 1 aromatic heterocycles. The summed E-state index contributed by atoms with van der Waals surface area (Å²) in [6, 6.07) is 8.81. The monoisotopic (exact) mass is 374 g/mol. The number of hydrogen-bond donors (Lipinski definition) is 0. The van der Waals surface area contributed by atoms with E-state index in [9.17, 15) is 9.18 Å². The van der Waals surface area contributed by atoms with E-state index in [0.717, 1.165) is 17.1 Å². The van der Waals surface area contributed by atoms with Crippen molar-refractivity contribution in [1.29, 1.82) is 0 Å². The van der Waals surface area contributed by atoms with Crippen LogP contribution in [0.15, 0.2) is 65.9 Å². The molecule has 0 N–H and O–H groups in total. The molecular weight excluding hydrogens is 355 g/mol. The summed E-state index contributed by atoms with van der Waals surface area (Å²) < 4.78 is 15.0. The highest BCUT2D eigenvalue weighted by Gasteiger charge is 2.39. The number of allylic oxidation sites excluding steroid dienone is 2. The van der Waals surface area contributed by atoms with Gasteiger partial charge in [-0.1, -0.05) is 18.2 Å². The van der Waals surface area contributed by atoms with Crippen molar-refractivity contribution in [3.63, 3.8) is 0 Å². The van der Waals surface area contributed by atoms with Crippen molar-refractivity contribution >= 4 is 11.7 Å². The largest absolute Gasteiger partial charge is 0.328 e. The van der Waals surface area contributed by atoms with Crippen LogP contribution in [0, 0.1) is 5.82 Å². The number of amidine groups is 1. The van der Waals surface area contributed by atoms with Gasteiger partial charge in [0.1, 0.15) is 11.7 Å². The lowest BCUT2D eigenvalue weighted by Gasteiger charge is -2.35. The van der Waals surface area contributed by atoms with Crippen LogP contribution in [-0.4, -0.2) is 33.1 Å². The first-order valence-corrected chi connectivity index (χ1v) is 9.27. The topological polar surface area (TPSA) is 48.8 Å². The van der Waals surface area contributed by atoms with Crippen molar-refractivity contribution in [3.05, 3.63) is 89.2 Å². The molecule has 0 saturated heterocycles. The SMILES string of the molecule is CC1(c2ccc(CN3Cc4ncccc4C3=O)c(F)c2)CN=C2C=CC=CN21. The lowest BCUT2D eigenvalue weighted by atomic mass is 9.90. The molecule has 140 valence electrons. The summed E-state index contributed by atoms with van der Waals surface area (Å²) in [5.41, 5.74) is 2.30. The quantitative estimate of drug-likeness (QED) is 0.828. The van der Waals surface area contributed by atoms with Crippen LogP contribution in [0.25, 0.3) is 0 Å². The molecule has 2 aromatic rings. The predicted molar refractivity (Wildman–Crippen MR) is 104 cm³/mol. The van der Waals surface area contributed by atoms with E-state index >= 15 is 0 Å². The van der Waals surface area contributed by atoms with Gasteiger partial charge in [-0.25, -0.2) is 4.39 Å². The molecule has 6 heteroatoms. The van der Waals surface area contributed by atoms with E-state index in [0.29, 0.717) is 24.2 Å². The van der Waals surface area contributed by atoms with E-state index in [2.05, 4.69) is 21.8 Å². The minimum absolute atomic E-state index is 0.0994. The number of carbonyl (C=O) groups excluding carboxylic acids is 1. The predicted octanol–water partition coefficient (Wildman–Crippen LogP) is 3.39. The third kappa shape index (κ3) is 2.48. The summed E-state index contributed by atoms with van der Waals surface area (Å²) in [7, 11) is 0. The van der Waals surface area contributed by atoms with Crippen molar-refractivity contribution < 1.29 is 9.18 Å². The second-order valence-corrected chi connectivity index (χ2v) is 7.48. The molecule has 28 heavy (non-hydrogen) atoms. The number of rotatable bonds is 3. The number of pyridine rings is 1. The second kappa shape index (κ2) is 6.12. The number of nitrogens with zero attached hydrogens (tertiary/aromatic N) is 4. The van der Waals surface area contributed by atoms with Crippen LogP contribution in [0.4, 0.5) is 4.39 Å². The molecular formula is C22H19FN4O. The highest BCUT2D eigenvalue weighted by atomic mass is 19.1. The molecule has 0 fully saturated rings. The number of amides is 1. The highest BCUT2D eigenvalue weighted by Crippen LogP contribution is 2.36. The normalized spacial score (nSPS) is 22.5. The van der Waals surface area contributed by atoms with Gasteiger partial charge in [-0.2, -0.15) is 0 Å². The molecule has 1 aromatic carbocycles. The van der Waals surface area contributed by atoms with E-state index in [-0.39, 0.29) is 18.3 Å². The number of aromatic nitrogens is 1. The fraction of sp³-hybridized carbons (Fsp3) is 0.227. The van der Waals surface area contributed by atoms with Crippen LogP contribution in [0.5, 0.6) is 0 Å². The van der Waals surface area contributed by atoms with Gasteiger partial charge >= 0.3 is 0 Å². The van der Waals surface area contributed by atoms with Gasteiger partial charge in [-0.3, -0.25) is 14.8 Å². The van der Waals surface area contributed by atoms with Crippen molar-refractivity contribution in [3.8, 4) is 0 Å². The first-order valence-electron chi connectivity index (χ1n) is 9.27. The highest BCUT2D eigenvalue weighted by molar-refractivity contribution is 5.98. The molecule has 1 unspecified atom stereocenters. The molecule has 4 heterocycles. The Morgan fingerprint density at radius 1 is 1.25 bits per heavy atom. The van der Waals surface area contributed by atoms with E-state index in [1.807, 2.05) is 30.5 Å². The van der Waals surface area contributed by atoms with Crippen LogP contribution < -0.4 is 0 Å². The van der Waals surface area contributed by atoms with Gasteiger partial charge in [0.2, 0.25) is 0 Å². The number of carbonyl (C=O) groups is 1. The Kier molecular flexibility index (Phi) is 3.69. The molecule has 0 spiro atoms. The molecule has 0 aliphatic carbocycles. The zero-order valence-corrected chi connectivity index (χ0v) is 15.5. The van der Waals surface area contributed by atoms with Crippen molar-refractivity contribution in [2.24, 2.45) is 4.99 Å². The summed E-state index contributed by atoms with van der Waals surface area (Å²) in [5, 5.41) is 0. The Morgan fingerprint density at radius 3 is 2.96 bits per heavy atom. The Morgan fingerprint density at radius 2 is 2.14 bits per heavy atom. The van der Waals surface area contributed by atoms with E-state index in [1.165, 1.54) is 0 Å². The molecule has 0 bridgehead atoms. The molecule has 0 radical (unpaired) electrons. The minimum Gasteiger partial charge on any atom is -0.328 e. The molecule has 0 saturated carbocycles. The molecule has 5 nitrogen and oxygen atoms in total. The lowest BCUT2D eigenvalue weighted by molar-refractivity contribution is 0.0764. The summed E-state index contributed by atoms with van der Waals surface area (Å²) in [6.45, 7) is 3.28. The molecule has 3 aliphatic rings. The standard InChI is InChI=1S/C22H19FN4O/c1-22(14-25-20-6-2-3-10-27(20)22)16-8-7-15(18(23)11-16)12-26-13-19-17(21(26)28)5-4-9-24-19/h2-11H,12-14H2,1H3. The maximum atomic E-state index is 15.0. The van der Waals surface area contributed by atoms with Gasteiger partial charge in [-0.15, -0.1) is 0 Å².